The van der Waals surface area contributed by atoms with Crippen LogP contribution < -0.4 is 10.2 Å². The van der Waals surface area contributed by atoms with E-state index in [1.807, 2.05) is 13.0 Å². The number of rotatable bonds is 8. The fourth-order valence-corrected chi connectivity index (χ4v) is 2.41. The molecule has 0 aliphatic rings. The van der Waals surface area contributed by atoms with Gasteiger partial charge < -0.3 is 15.3 Å². The number of aromatic nitrogens is 3. The molecular formula is C15H17Cl2N5O2. The molecular weight excluding hydrogens is 353 g/mol. The van der Waals surface area contributed by atoms with E-state index in [9.17, 15) is 4.79 Å². The minimum atomic E-state index is -0.858. The van der Waals surface area contributed by atoms with Gasteiger partial charge in [0.2, 0.25) is 17.2 Å². The van der Waals surface area contributed by atoms with Crippen molar-refractivity contribution in [3.8, 4) is 0 Å². The van der Waals surface area contributed by atoms with Crippen LogP contribution in [-0.2, 0) is 4.79 Å². The van der Waals surface area contributed by atoms with Crippen LogP contribution in [-0.4, -0.2) is 39.1 Å². The van der Waals surface area contributed by atoms with Crippen molar-refractivity contribution in [2.24, 2.45) is 0 Å². The fraction of sp³-hybridized carbons (Fsp3) is 0.333. The van der Waals surface area contributed by atoms with Crippen molar-refractivity contribution in [3.05, 3.63) is 34.6 Å². The Balaban J connectivity index is 2.35. The van der Waals surface area contributed by atoms with E-state index >= 15 is 0 Å². The third kappa shape index (κ3) is 5.21. The lowest BCUT2D eigenvalue weighted by Gasteiger charge is -2.23. The highest BCUT2D eigenvalue weighted by Gasteiger charge is 2.16. The second-order valence-electron chi connectivity index (χ2n) is 4.89. The first-order chi connectivity index (χ1) is 11.5. The topological polar surface area (TPSA) is 91.2 Å². The van der Waals surface area contributed by atoms with Crippen LogP contribution in [0.3, 0.4) is 0 Å². The van der Waals surface area contributed by atoms with Crippen molar-refractivity contribution in [2.45, 2.75) is 19.8 Å². The standard InChI is InChI=1S/C15H17Cl2N5O2/c1-2-18-14-19-13(17)20-15(21-14)22(8-4-7-12(23)24)11-6-3-5-10(16)9-11/h3,5-6,9H,2,4,7-8H2,1H3,(H,23,24)(H,18,19,20,21). The first-order valence-corrected chi connectivity index (χ1v) is 8.15. The predicted octanol–water partition coefficient (Wildman–Crippen LogP) is 3.61. The second kappa shape index (κ2) is 8.65. The third-order valence-corrected chi connectivity index (χ3v) is 3.47. The number of nitrogens with zero attached hydrogens (tertiary/aromatic N) is 4. The fourth-order valence-electron chi connectivity index (χ4n) is 2.07. The highest BCUT2D eigenvalue weighted by Crippen LogP contribution is 2.26. The van der Waals surface area contributed by atoms with Crippen LogP contribution in [0.25, 0.3) is 0 Å². The van der Waals surface area contributed by atoms with Crippen LogP contribution in [0.1, 0.15) is 19.8 Å². The van der Waals surface area contributed by atoms with E-state index in [4.69, 9.17) is 28.3 Å². The molecule has 1 aromatic heterocycles. The van der Waals surface area contributed by atoms with Crippen molar-refractivity contribution in [2.75, 3.05) is 23.3 Å². The van der Waals surface area contributed by atoms with Gasteiger partial charge in [-0.1, -0.05) is 17.7 Å². The van der Waals surface area contributed by atoms with E-state index in [1.54, 1.807) is 23.1 Å². The summed E-state index contributed by atoms with van der Waals surface area (Å²) < 4.78 is 0. The Kier molecular flexibility index (Phi) is 6.57. The average Bonchev–Trinajstić information content (AvgIpc) is 2.51. The van der Waals surface area contributed by atoms with Crippen molar-refractivity contribution >= 4 is 46.8 Å². The van der Waals surface area contributed by atoms with Crippen LogP contribution in [0.15, 0.2) is 24.3 Å². The quantitative estimate of drug-likeness (QED) is 0.733. The Labute approximate surface area is 149 Å². The molecule has 0 aliphatic carbocycles. The molecule has 0 fully saturated rings. The molecule has 0 radical (unpaired) electrons. The summed E-state index contributed by atoms with van der Waals surface area (Å²) in [6, 6.07) is 7.16. The van der Waals surface area contributed by atoms with Crippen LogP contribution >= 0.6 is 23.2 Å². The average molecular weight is 370 g/mol. The molecule has 0 aliphatic heterocycles. The molecule has 9 heteroatoms. The molecule has 0 atom stereocenters. The van der Waals surface area contributed by atoms with Crippen molar-refractivity contribution in [1.29, 1.82) is 0 Å². The molecule has 2 aromatic rings. The molecule has 24 heavy (non-hydrogen) atoms. The van der Waals surface area contributed by atoms with Gasteiger partial charge in [-0.25, -0.2) is 0 Å². The maximum absolute atomic E-state index is 10.8. The maximum Gasteiger partial charge on any atom is 0.303 e. The zero-order chi connectivity index (χ0) is 17.5. The molecule has 2 N–H and O–H groups in total. The summed E-state index contributed by atoms with van der Waals surface area (Å²) in [7, 11) is 0. The summed E-state index contributed by atoms with van der Waals surface area (Å²) in [5.41, 5.74) is 0.748. The molecule has 0 bridgehead atoms. The molecule has 0 spiro atoms. The van der Waals surface area contributed by atoms with E-state index in [-0.39, 0.29) is 11.7 Å². The zero-order valence-corrected chi connectivity index (χ0v) is 14.5. The molecule has 0 amide bonds. The SMILES string of the molecule is CCNc1nc(Cl)nc(N(CCCC(=O)O)c2cccc(Cl)c2)n1. The van der Waals surface area contributed by atoms with Crippen LogP contribution in [0, 0.1) is 0 Å². The summed E-state index contributed by atoms with van der Waals surface area (Å²) in [5, 5.41) is 12.5. The summed E-state index contributed by atoms with van der Waals surface area (Å²) in [4.78, 5) is 25.1. The number of hydrogen-bond donors (Lipinski definition) is 2. The lowest BCUT2D eigenvalue weighted by Crippen LogP contribution is -2.22. The molecule has 7 nitrogen and oxygen atoms in total. The molecule has 0 saturated carbocycles. The summed E-state index contributed by atoms with van der Waals surface area (Å²) in [6.07, 6.45) is 0.456. The van der Waals surface area contributed by atoms with E-state index in [1.165, 1.54) is 0 Å². The van der Waals surface area contributed by atoms with Gasteiger partial charge in [0.15, 0.2) is 0 Å². The van der Waals surface area contributed by atoms with Gasteiger partial charge in [-0.15, -0.1) is 0 Å². The Morgan fingerprint density at radius 2 is 2.08 bits per heavy atom. The number of carboxylic acid groups (broad SMARTS) is 1. The summed E-state index contributed by atoms with van der Waals surface area (Å²) in [6.45, 7) is 2.95. The van der Waals surface area contributed by atoms with Gasteiger partial charge in [-0.05, 0) is 43.1 Å². The van der Waals surface area contributed by atoms with Crippen molar-refractivity contribution in [1.82, 2.24) is 15.0 Å². The largest absolute Gasteiger partial charge is 0.481 e. The van der Waals surface area contributed by atoms with Gasteiger partial charge in [0.25, 0.3) is 0 Å². The highest BCUT2D eigenvalue weighted by atomic mass is 35.5. The van der Waals surface area contributed by atoms with Gasteiger partial charge in [0, 0.05) is 30.2 Å². The van der Waals surface area contributed by atoms with Gasteiger partial charge in [0.05, 0.1) is 0 Å². The number of halogens is 2. The number of hydrogen-bond acceptors (Lipinski definition) is 6. The minimum Gasteiger partial charge on any atom is -0.481 e. The normalized spacial score (nSPS) is 10.5. The smallest absolute Gasteiger partial charge is 0.303 e. The summed E-state index contributed by atoms with van der Waals surface area (Å²) >= 11 is 12.0. The zero-order valence-electron chi connectivity index (χ0n) is 13.0. The number of anilines is 3. The van der Waals surface area contributed by atoms with E-state index < -0.39 is 5.97 Å². The maximum atomic E-state index is 10.8. The number of nitrogens with one attached hydrogen (secondary N) is 1. The molecule has 1 aromatic carbocycles. The van der Waals surface area contributed by atoms with Gasteiger partial charge in [-0.2, -0.15) is 15.0 Å². The first kappa shape index (κ1) is 18.2. The number of benzene rings is 1. The number of aliphatic carboxylic acids is 1. The molecule has 0 unspecified atom stereocenters. The molecule has 2 rings (SSSR count). The second-order valence-corrected chi connectivity index (χ2v) is 5.66. The van der Waals surface area contributed by atoms with E-state index in [0.29, 0.717) is 36.4 Å². The van der Waals surface area contributed by atoms with Gasteiger partial charge >= 0.3 is 5.97 Å². The van der Waals surface area contributed by atoms with E-state index in [0.717, 1.165) is 5.69 Å². The molecule has 0 saturated heterocycles. The highest BCUT2D eigenvalue weighted by molar-refractivity contribution is 6.30. The molecule has 1 heterocycles. The summed E-state index contributed by atoms with van der Waals surface area (Å²) in [5.74, 6) is -0.167. The first-order valence-electron chi connectivity index (χ1n) is 7.40. The minimum absolute atomic E-state index is 0.0376. The monoisotopic (exact) mass is 369 g/mol. The Morgan fingerprint density at radius 1 is 1.29 bits per heavy atom. The Bertz CT molecular complexity index is 714. The Hall–Kier alpha value is -2.12. The number of carbonyl (C=O) groups is 1. The lowest BCUT2D eigenvalue weighted by molar-refractivity contribution is -0.137. The van der Waals surface area contributed by atoms with Crippen LogP contribution in [0.4, 0.5) is 17.6 Å². The van der Waals surface area contributed by atoms with Crippen molar-refractivity contribution in [3.63, 3.8) is 0 Å². The number of carboxylic acids is 1. The van der Waals surface area contributed by atoms with Crippen LogP contribution in [0.2, 0.25) is 10.3 Å². The lowest BCUT2D eigenvalue weighted by atomic mass is 10.2. The predicted molar refractivity (Wildman–Crippen MR) is 94.3 cm³/mol. The Morgan fingerprint density at radius 3 is 2.75 bits per heavy atom. The van der Waals surface area contributed by atoms with E-state index in [2.05, 4.69) is 20.3 Å². The van der Waals surface area contributed by atoms with Crippen molar-refractivity contribution < 1.29 is 9.90 Å². The van der Waals surface area contributed by atoms with Gasteiger partial charge in [0.1, 0.15) is 0 Å². The molecule has 128 valence electrons. The van der Waals surface area contributed by atoms with Crippen LogP contribution in [0.5, 0.6) is 0 Å². The third-order valence-electron chi connectivity index (χ3n) is 3.06. The van der Waals surface area contributed by atoms with Gasteiger partial charge in [-0.3, -0.25) is 4.79 Å².